The first kappa shape index (κ1) is 10.9. The van der Waals surface area contributed by atoms with Crippen molar-refractivity contribution in [3.8, 4) is 0 Å². The van der Waals surface area contributed by atoms with Crippen molar-refractivity contribution in [2.24, 2.45) is 0 Å². The Hall–Kier alpha value is -1.57. The molecule has 0 saturated heterocycles. The van der Waals surface area contributed by atoms with Crippen LogP contribution in [-0.2, 0) is 6.54 Å². The second kappa shape index (κ2) is 4.12. The number of benzene rings is 1. The molecule has 0 N–H and O–H groups in total. The number of rotatable bonds is 2. The van der Waals surface area contributed by atoms with Crippen molar-refractivity contribution in [3.05, 3.63) is 52.3 Å². The lowest BCUT2D eigenvalue weighted by Crippen LogP contribution is -2.04. The van der Waals surface area contributed by atoms with Crippen LogP contribution in [0.2, 0.25) is 0 Å². The minimum absolute atomic E-state index is 0.867. The summed E-state index contributed by atoms with van der Waals surface area (Å²) in [6.07, 6.45) is 2.04. The van der Waals surface area contributed by atoms with Crippen LogP contribution in [0.4, 0.5) is 0 Å². The van der Waals surface area contributed by atoms with E-state index in [0.717, 1.165) is 12.2 Å². The molecule has 0 spiro atoms. The molecule has 84 valence electrons. The van der Waals surface area contributed by atoms with Gasteiger partial charge in [-0.2, -0.15) is 5.10 Å². The normalized spacial score (nSPS) is 10.8. The predicted molar refractivity (Wildman–Crippen MR) is 66.7 cm³/mol. The van der Waals surface area contributed by atoms with Crippen molar-refractivity contribution in [2.75, 3.05) is 0 Å². The lowest BCUT2D eigenvalue weighted by Gasteiger charge is -2.11. The van der Waals surface area contributed by atoms with Crippen LogP contribution >= 0.6 is 0 Å². The third-order valence-electron chi connectivity index (χ3n) is 2.93. The average molecular weight is 214 g/mol. The van der Waals surface area contributed by atoms with Crippen LogP contribution in [0.15, 0.2) is 24.4 Å². The molecule has 1 aromatic carbocycles. The molecule has 0 saturated carbocycles. The summed E-state index contributed by atoms with van der Waals surface area (Å²) in [7, 11) is 0. The van der Waals surface area contributed by atoms with Crippen LogP contribution in [0.25, 0.3) is 0 Å². The SMILES string of the molecule is Cc1cc(C)c(Cn2ccc(C)n2)c(C)c1. The highest BCUT2D eigenvalue weighted by molar-refractivity contribution is 5.37. The van der Waals surface area contributed by atoms with Gasteiger partial charge in [-0.1, -0.05) is 17.7 Å². The van der Waals surface area contributed by atoms with Crippen LogP contribution < -0.4 is 0 Å². The fourth-order valence-electron chi connectivity index (χ4n) is 2.17. The summed E-state index contributed by atoms with van der Waals surface area (Å²) >= 11 is 0. The molecule has 0 bridgehead atoms. The third kappa shape index (κ3) is 2.16. The molecule has 2 heteroatoms. The Morgan fingerprint density at radius 2 is 1.69 bits per heavy atom. The molecular formula is C14H18N2. The molecule has 2 rings (SSSR count). The van der Waals surface area contributed by atoms with Crippen molar-refractivity contribution in [3.63, 3.8) is 0 Å². The highest BCUT2D eigenvalue weighted by Gasteiger charge is 2.05. The summed E-state index contributed by atoms with van der Waals surface area (Å²) in [5, 5.41) is 4.43. The fraction of sp³-hybridized carbons (Fsp3) is 0.357. The van der Waals surface area contributed by atoms with Gasteiger partial charge in [-0.3, -0.25) is 4.68 Å². The number of aryl methyl sites for hydroxylation is 4. The summed E-state index contributed by atoms with van der Waals surface area (Å²) in [5.74, 6) is 0. The van der Waals surface area contributed by atoms with Crippen LogP contribution in [-0.4, -0.2) is 9.78 Å². The van der Waals surface area contributed by atoms with Crippen LogP contribution in [0.1, 0.15) is 27.9 Å². The minimum atomic E-state index is 0.867. The van der Waals surface area contributed by atoms with E-state index in [2.05, 4.69) is 38.0 Å². The average Bonchev–Trinajstić information content (AvgIpc) is 2.58. The minimum Gasteiger partial charge on any atom is -0.268 e. The van der Waals surface area contributed by atoms with Gasteiger partial charge in [-0.05, 0) is 50.5 Å². The molecule has 2 nitrogen and oxygen atoms in total. The van der Waals surface area contributed by atoms with E-state index in [-0.39, 0.29) is 0 Å². The highest BCUT2D eigenvalue weighted by Crippen LogP contribution is 2.17. The van der Waals surface area contributed by atoms with Gasteiger partial charge in [-0.25, -0.2) is 0 Å². The lowest BCUT2D eigenvalue weighted by molar-refractivity contribution is 0.674. The van der Waals surface area contributed by atoms with Gasteiger partial charge < -0.3 is 0 Å². The van der Waals surface area contributed by atoms with E-state index < -0.39 is 0 Å². The van der Waals surface area contributed by atoms with E-state index in [4.69, 9.17) is 0 Å². The summed E-state index contributed by atoms with van der Waals surface area (Å²) in [6.45, 7) is 9.37. The van der Waals surface area contributed by atoms with Crippen molar-refractivity contribution >= 4 is 0 Å². The zero-order chi connectivity index (χ0) is 11.7. The standard InChI is InChI=1S/C14H18N2/c1-10-7-11(2)14(12(3)8-10)9-16-6-5-13(4)15-16/h5-8H,9H2,1-4H3. The molecule has 0 amide bonds. The number of hydrogen-bond donors (Lipinski definition) is 0. The van der Waals surface area contributed by atoms with E-state index >= 15 is 0 Å². The van der Waals surface area contributed by atoms with Crippen molar-refractivity contribution in [2.45, 2.75) is 34.2 Å². The Morgan fingerprint density at radius 3 is 2.19 bits per heavy atom. The highest BCUT2D eigenvalue weighted by atomic mass is 15.3. The lowest BCUT2D eigenvalue weighted by atomic mass is 10.00. The molecule has 0 fully saturated rings. The molecule has 0 radical (unpaired) electrons. The predicted octanol–water partition coefficient (Wildman–Crippen LogP) is 3.17. The van der Waals surface area contributed by atoms with E-state index in [9.17, 15) is 0 Å². The molecule has 1 heterocycles. The van der Waals surface area contributed by atoms with Gasteiger partial charge in [-0.15, -0.1) is 0 Å². The molecule has 2 aromatic rings. The Morgan fingerprint density at radius 1 is 1.06 bits per heavy atom. The van der Waals surface area contributed by atoms with E-state index in [0.29, 0.717) is 0 Å². The first-order chi connectivity index (χ1) is 7.56. The summed E-state index contributed by atoms with van der Waals surface area (Å²) in [5.41, 5.74) is 6.49. The second-order valence-electron chi connectivity index (χ2n) is 4.53. The summed E-state index contributed by atoms with van der Waals surface area (Å²) in [6, 6.07) is 6.51. The molecule has 0 atom stereocenters. The molecule has 0 unspecified atom stereocenters. The largest absolute Gasteiger partial charge is 0.268 e. The number of hydrogen-bond acceptors (Lipinski definition) is 1. The molecule has 0 aliphatic rings. The van der Waals surface area contributed by atoms with Gasteiger partial charge in [0.15, 0.2) is 0 Å². The fourth-order valence-corrected chi connectivity index (χ4v) is 2.17. The van der Waals surface area contributed by atoms with Gasteiger partial charge in [0.05, 0.1) is 12.2 Å². The van der Waals surface area contributed by atoms with E-state index in [1.54, 1.807) is 0 Å². The topological polar surface area (TPSA) is 17.8 Å². The Bertz CT molecular complexity index is 486. The van der Waals surface area contributed by atoms with Crippen molar-refractivity contribution < 1.29 is 0 Å². The Balaban J connectivity index is 2.34. The zero-order valence-electron chi connectivity index (χ0n) is 10.4. The van der Waals surface area contributed by atoms with Crippen LogP contribution in [0.5, 0.6) is 0 Å². The smallest absolute Gasteiger partial charge is 0.0664 e. The van der Waals surface area contributed by atoms with Gasteiger partial charge >= 0.3 is 0 Å². The number of aromatic nitrogens is 2. The summed E-state index contributed by atoms with van der Waals surface area (Å²) < 4.78 is 2.00. The monoisotopic (exact) mass is 214 g/mol. The maximum Gasteiger partial charge on any atom is 0.0664 e. The van der Waals surface area contributed by atoms with Crippen LogP contribution in [0, 0.1) is 27.7 Å². The van der Waals surface area contributed by atoms with Crippen LogP contribution in [0.3, 0.4) is 0 Å². The molecule has 16 heavy (non-hydrogen) atoms. The molecule has 0 aliphatic heterocycles. The maximum absolute atomic E-state index is 4.43. The van der Waals surface area contributed by atoms with Gasteiger partial charge in [0.1, 0.15) is 0 Å². The van der Waals surface area contributed by atoms with E-state index in [1.165, 1.54) is 22.3 Å². The first-order valence-corrected chi connectivity index (χ1v) is 5.63. The van der Waals surface area contributed by atoms with Gasteiger partial charge in [0.2, 0.25) is 0 Å². The third-order valence-corrected chi connectivity index (χ3v) is 2.93. The quantitative estimate of drug-likeness (QED) is 0.751. The molecular weight excluding hydrogens is 196 g/mol. The first-order valence-electron chi connectivity index (χ1n) is 5.63. The van der Waals surface area contributed by atoms with Gasteiger partial charge in [0, 0.05) is 6.20 Å². The Kier molecular flexibility index (Phi) is 2.82. The van der Waals surface area contributed by atoms with Crippen molar-refractivity contribution in [1.82, 2.24) is 9.78 Å². The Labute approximate surface area is 96.9 Å². The molecule has 1 aromatic heterocycles. The zero-order valence-corrected chi connectivity index (χ0v) is 10.4. The van der Waals surface area contributed by atoms with E-state index in [1.807, 2.05) is 23.9 Å². The van der Waals surface area contributed by atoms with Crippen molar-refractivity contribution in [1.29, 1.82) is 0 Å². The molecule has 0 aliphatic carbocycles. The summed E-state index contributed by atoms with van der Waals surface area (Å²) in [4.78, 5) is 0. The second-order valence-corrected chi connectivity index (χ2v) is 4.53. The van der Waals surface area contributed by atoms with Gasteiger partial charge in [0.25, 0.3) is 0 Å². The number of nitrogens with zero attached hydrogens (tertiary/aromatic N) is 2. The maximum atomic E-state index is 4.43.